The summed E-state index contributed by atoms with van der Waals surface area (Å²) in [5.74, 6) is 0. The van der Waals surface area contributed by atoms with Gasteiger partial charge in [0.15, 0.2) is 0 Å². The maximum Gasteiger partial charge on any atom is 0.131 e. The highest BCUT2D eigenvalue weighted by Crippen LogP contribution is 2.67. The van der Waals surface area contributed by atoms with Crippen molar-refractivity contribution in [2.24, 2.45) is 0 Å². The largest absolute Gasteiger partial charge is 0.377 e. The van der Waals surface area contributed by atoms with Gasteiger partial charge in [0.1, 0.15) is 23.2 Å². The SMILES string of the molecule is CCC/C=C\C=C1\C=C(N(C)C)C([P+](C)(c2ccccc2)c2ccccc2)=C(c2c(P(c3ccccc3)c3ccccc3)c(N(C)C)cc3ccccc23)C1. The minimum absolute atomic E-state index is 0.832. The van der Waals surface area contributed by atoms with Gasteiger partial charge in [-0.15, -0.1) is 0 Å². The molecular weight excluding hydrogens is 703 g/mol. The summed E-state index contributed by atoms with van der Waals surface area (Å²) >= 11 is 0. The molecule has 0 unspecified atom stereocenters. The van der Waals surface area contributed by atoms with Crippen LogP contribution in [0.1, 0.15) is 31.7 Å². The molecule has 1 aliphatic carbocycles. The number of likely N-dealkylation sites (N-methyl/N-ethyl adjacent to an activating group) is 1. The summed E-state index contributed by atoms with van der Waals surface area (Å²) in [7, 11) is 5.69. The Morgan fingerprint density at radius 3 is 1.71 bits per heavy atom. The minimum Gasteiger partial charge on any atom is -0.377 e. The quantitative estimate of drug-likeness (QED) is 0.115. The fourth-order valence-corrected chi connectivity index (χ4v) is 14.5. The van der Waals surface area contributed by atoms with E-state index in [9.17, 15) is 0 Å². The highest BCUT2D eigenvalue weighted by atomic mass is 31.2. The summed E-state index contributed by atoms with van der Waals surface area (Å²) in [6.07, 6.45) is 12.5. The number of hydrogen-bond donors (Lipinski definition) is 0. The van der Waals surface area contributed by atoms with Crippen LogP contribution in [0.3, 0.4) is 0 Å². The lowest BCUT2D eigenvalue weighted by atomic mass is 9.88. The van der Waals surface area contributed by atoms with Crippen LogP contribution in [0.2, 0.25) is 0 Å². The standard InChI is InChI=1S/C51H53N2P2/c1-7-8-9-14-25-39-36-46(51(48(37-39)53(4)5)55(6,43-31-19-12-20-32-43)44-33-21-13-22-34-44)49-45-35-24-23-26-40(45)38-47(52(2)3)50(49)54(41-27-15-10-16-28-41)42-29-17-11-18-30-42/h9-35,37-38H,7-8,36H2,1-6H3/q+1/b14-9-,39-25+. The Bertz CT molecular complexity index is 2280. The van der Waals surface area contributed by atoms with E-state index in [1.54, 1.807) is 0 Å². The molecule has 0 saturated heterocycles. The molecular formula is C51H53N2P2+. The molecule has 1 aliphatic rings. The van der Waals surface area contributed by atoms with Crippen LogP contribution in [0.15, 0.2) is 193 Å². The molecule has 0 N–H and O–H groups in total. The van der Waals surface area contributed by atoms with E-state index in [0.29, 0.717) is 0 Å². The average Bonchev–Trinajstić information content (AvgIpc) is 3.23. The van der Waals surface area contributed by atoms with Gasteiger partial charge < -0.3 is 9.80 Å². The highest BCUT2D eigenvalue weighted by molar-refractivity contribution is 7.92. The minimum atomic E-state index is -2.24. The molecule has 2 nitrogen and oxygen atoms in total. The normalized spacial score (nSPS) is 14.2. The maximum atomic E-state index is 2.56. The van der Waals surface area contributed by atoms with Gasteiger partial charge in [0.05, 0.1) is 12.4 Å². The van der Waals surface area contributed by atoms with Crippen LogP contribution < -0.4 is 31.4 Å². The molecule has 0 atom stereocenters. The van der Waals surface area contributed by atoms with Crippen molar-refractivity contribution in [2.75, 3.05) is 39.8 Å². The topological polar surface area (TPSA) is 6.48 Å². The number of allylic oxidation sites excluding steroid dienone is 7. The van der Waals surface area contributed by atoms with Crippen molar-refractivity contribution in [1.82, 2.24) is 4.90 Å². The zero-order valence-electron chi connectivity index (χ0n) is 33.2. The Morgan fingerprint density at radius 2 is 1.18 bits per heavy atom. The van der Waals surface area contributed by atoms with E-state index < -0.39 is 15.2 Å². The Hall–Kier alpha value is -5.00. The maximum absolute atomic E-state index is 2.56. The highest BCUT2D eigenvalue weighted by Gasteiger charge is 2.48. The molecule has 0 saturated carbocycles. The third-order valence-corrected chi connectivity index (χ3v) is 17.2. The fraction of sp³-hybridized carbons (Fsp3) is 0.176. The van der Waals surface area contributed by atoms with Gasteiger partial charge in [0.25, 0.3) is 0 Å². The molecule has 0 spiro atoms. The van der Waals surface area contributed by atoms with Crippen LogP contribution >= 0.6 is 15.2 Å². The van der Waals surface area contributed by atoms with E-state index in [-0.39, 0.29) is 0 Å². The first-order valence-electron chi connectivity index (χ1n) is 19.4. The first-order chi connectivity index (χ1) is 26.8. The Kier molecular flexibility index (Phi) is 12.0. The molecule has 276 valence electrons. The molecule has 55 heavy (non-hydrogen) atoms. The molecule has 0 heterocycles. The van der Waals surface area contributed by atoms with Crippen LogP contribution in [0, 0.1) is 0 Å². The van der Waals surface area contributed by atoms with Crippen LogP contribution in [0.5, 0.6) is 0 Å². The van der Waals surface area contributed by atoms with Crippen molar-refractivity contribution in [3.63, 3.8) is 0 Å². The summed E-state index contributed by atoms with van der Waals surface area (Å²) in [5.41, 5.74) is 6.70. The molecule has 0 radical (unpaired) electrons. The third kappa shape index (κ3) is 7.77. The van der Waals surface area contributed by atoms with E-state index >= 15 is 0 Å². The molecule has 0 fully saturated rings. The number of hydrogen-bond acceptors (Lipinski definition) is 2. The van der Waals surface area contributed by atoms with Crippen molar-refractivity contribution in [1.29, 1.82) is 0 Å². The van der Waals surface area contributed by atoms with Gasteiger partial charge in [-0.05, 0) is 77.7 Å². The van der Waals surface area contributed by atoms with Gasteiger partial charge in [-0.2, -0.15) is 0 Å². The number of fused-ring (bicyclic) bond motifs is 1. The van der Waals surface area contributed by atoms with Gasteiger partial charge in [0.2, 0.25) is 0 Å². The second-order valence-corrected chi connectivity index (χ2v) is 20.4. The first kappa shape index (κ1) is 38.3. The molecule has 0 aliphatic heterocycles. The zero-order valence-corrected chi connectivity index (χ0v) is 34.9. The number of anilines is 1. The molecule has 6 aromatic carbocycles. The van der Waals surface area contributed by atoms with Crippen LogP contribution in [0.25, 0.3) is 16.3 Å². The Labute approximate surface area is 331 Å². The second-order valence-electron chi connectivity index (χ2n) is 14.8. The van der Waals surface area contributed by atoms with Gasteiger partial charge in [-0.25, -0.2) is 0 Å². The monoisotopic (exact) mass is 755 g/mol. The zero-order chi connectivity index (χ0) is 38.4. The lowest BCUT2D eigenvalue weighted by Gasteiger charge is -2.36. The second kappa shape index (κ2) is 17.2. The van der Waals surface area contributed by atoms with E-state index in [1.807, 2.05) is 0 Å². The predicted molar refractivity (Wildman–Crippen MR) is 247 cm³/mol. The van der Waals surface area contributed by atoms with Gasteiger partial charge in [-0.1, -0.05) is 153 Å². The average molecular weight is 756 g/mol. The fourth-order valence-electron chi connectivity index (χ4n) is 7.96. The Balaban J connectivity index is 1.71. The van der Waals surface area contributed by atoms with Crippen LogP contribution in [-0.2, 0) is 0 Å². The molecule has 4 heteroatoms. The lowest BCUT2D eigenvalue weighted by molar-refractivity contribution is 0.525. The Morgan fingerprint density at radius 1 is 0.655 bits per heavy atom. The molecule has 6 aromatic rings. The van der Waals surface area contributed by atoms with Crippen molar-refractivity contribution in [3.8, 4) is 0 Å². The molecule has 0 bridgehead atoms. The number of nitrogens with zero attached hydrogens (tertiary/aromatic N) is 2. The molecule has 7 rings (SSSR count). The van der Waals surface area contributed by atoms with E-state index in [0.717, 1.165) is 19.3 Å². The summed E-state index contributed by atoms with van der Waals surface area (Å²) in [6, 6.07) is 56.7. The van der Waals surface area contributed by atoms with E-state index in [4.69, 9.17) is 0 Å². The van der Waals surface area contributed by atoms with E-state index in [2.05, 4.69) is 228 Å². The lowest BCUT2D eigenvalue weighted by Crippen LogP contribution is -2.31. The molecule has 0 aromatic heterocycles. The van der Waals surface area contributed by atoms with Crippen molar-refractivity contribution < 1.29 is 0 Å². The van der Waals surface area contributed by atoms with E-state index in [1.165, 1.54) is 70.7 Å². The van der Waals surface area contributed by atoms with Crippen molar-refractivity contribution >= 4 is 63.7 Å². The smallest absolute Gasteiger partial charge is 0.131 e. The number of rotatable bonds is 12. The summed E-state index contributed by atoms with van der Waals surface area (Å²) < 4.78 is 0. The number of unbranched alkanes of at least 4 members (excludes halogenated alkanes) is 1. The third-order valence-electron chi connectivity index (χ3n) is 10.6. The first-order valence-corrected chi connectivity index (χ1v) is 23.0. The van der Waals surface area contributed by atoms with Crippen LogP contribution in [0.4, 0.5) is 5.69 Å². The summed E-state index contributed by atoms with van der Waals surface area (Å²) in [5, 5.41) is 10.9. The predicted octanol–water partition coefficient (Wildman–Crippen LogP) is 10.8. The number of benzene rings is 6. The van der Waals surface area contributed by atoms with Crippen molar-refractivity contribution in [2.45, 2.75) is 26.2 Å². The van der Waals surface area contributed by atoms with Gasteiger partial charge in [0, 0.05) is 56.7 Å². The van der Waals surface area contributed by atoms with Crippen LogP contribution in [-0.4, -0.2) is 39.8 Å². The summed E-state index contributed by atoms with van der Waals surface area (Å²) in [4.78, 5) is 4.72. The van der Waals surface area contributed by atoms with Gasteiger partial charge in [-0.3, -0.25) is 0 Å². The summed E-state index contributed by atoms with van der Waals surface area (Å²) in [6.45, 7) is 4.81. The molecule has 0 amide bonds. The van der Waals surface area contributed by atoms with Gasteiger partial charge >= 0.3 is 0 Å². The van der Waals surface area contributed by atoms with Crippen molar-refractivity contribution in [3.05, 3.63) is 198 Å².